The minimum atomic E-state index is 0.0499. The van der Waals surface area contributed by atoms with Crippen molar-refractivity contribution in [3.05, 3.63) is 36.1 Å². The fraction of sp³-hybridized carbons (Fsp3) is 0.300. The minimum Gasteiger partial charge on any atom is -0.493 e. The predicted octanol–water partition coefficient (Wildman–Crippen LogP) is 1.60. The van der Waals surface area contributed by atoms with E-state index in [9.17, 15) is 4.79 Å². The van der Waals surface area contributed by atoms with Gasteiger partial charge in [-0.15, -0.1) is 0 Å². The maximum atomic E-state index is 11.1. The van der Waals surface area contributed by atoms with Gasteiger partial charge in [0, 0.05) is 11.5 Å². The molecule has 0 N–H and O–H groups in total. The summed E-state index contributed by atoms with van der Waals surface area (Å²) < 4.78 is 5.28. The van der Waals surface area contributed by atoms with E-state index in [2.05, 4.69) is 0 Å². The molecular formula is C10H10O2. The van der Waals surface area contributed by atoms with Crippen molar-refractivity contribution in [2.24, 2.45) is 5.92 Å². The number of carbonyl (C=O) groups is 1. The Kier molecular flexibility index (Phi) is 1.61. The first-order valence-corrected chi connectivity index (χ1v) is 4.00. The molecule has 0 saturated heterocycles. The minimum absolute atomic E-state index is 0.0499. The molecule has 0 aromatic heterocycles. The highest BCUT2D eigenvalue weighted by Crippen LogP contribution is 2.29. The van der Waals surface area contributed by atoms with Gasteiger partial charge in [-0.1, -0.05) is 12.2 Å². The summed E-state index contributed by atoms with van der Waals surface area (Å²) in [5.41, 5.74) is 0.844. The summed E-state index contributed by atoms with van der Waals surface area (Å²) in [7, 11) is 0. The SMILES string of the molecule is CC(=O)C1=CC=CC2OC=CC12. The first-order chi connectivity index (χ1) is 5.79. The van der Waals surface area contributed by atoms with Crippen molar-refractivity contribution >= 4 is 5.78 Å². The Labute approximate surface area is 71.2 Å². The molecule has 2 aliphatic rings. The van der Waals surface area contributed by atoms with Gasteiger partial charge in [0.2, 0.25) is 0 Å². The number of rotatable bonds is 1. The van der Waals surface area contributed by atoms with Crippen LogP contribution in [0.2, 0.25) is 0 Å². The first kappa shape index (κ1) is 7.35. The summed E-state index contributed by atoms with van der Waals surface area (Å²) in [6.07, 6.45) is 9.36. The van der Waals surface area contributed by atoms with Gasteiger partial charge in [-0.05, 0) is 19.1 Å². The number of fused-ring (bicyclic) bond motifs is 1. The standard InChI is InChI=1S/C10H10O2/c1-7(11)8-3-2-4-10-9(8)5-6-12-10/h2-6,9-10H,1H3. The molecule has 0 radical (unpaired) electrons. The molecule has 0 saturated carbocycles. The summed E-state index contributed by atoms with van der Waals surface area (Å²) in [4.78, 5) is 11.1. The molecule has 1 aliphatic heterocycles. The van der Waals surface area contributed by atoms with Crippen molar-refractivity contribution < 1.29 is 9.53 Å². The van der Waals surface area contributed by atoms with Crippen LogP contribution in [-0.4, -0.2) is 11.9 Å². The van der Waals surface area contributed by atoms with Crippen LogP contribution >= 0.6 is 0 Å². The van der Waals surface area contributed by atoms with Crippen LogP contribution in [0.3, 0.4) is 0 Å². The van der Waals surface area contributed by atoms with Crippen LogP contribution in [0, 0.1) is 5.92 Å². The van der Waals surface area contributed by atoms with Gasteiger partial charge in [-0.2, -0.15) is 0 Å². The van der Waals surface area contributed by atoms with E-state index in [4.69, 9.17) is 4.74 Å². The smallest absolute Gasteiger partial charge is 0.156 e. The molecule has 2 nitrogen and oxygen atoms in total. The van der Waals surface area contributed by atoms with Gasteiger partial charge < -0.3 is 4.74 Å². The molecule has 2 atom stereocenters. The summed E-state index contributed by atoms with van der Waals surface area (Å²) in [6.45, 7) is 1.59. The summed E-state index contributed by atoms with van der Waals surface area (Å²) in [6, 6.07) is 0. The Balaban J connectivity index is 2.32. The van der Waals surface area contributed by atoms with Crippen LogP contribution in [0.25, 0.3) is 0 Å². The Morgan fingerprint density at radius 1 is 1.50 bits per heavy atom. The van der Waals surface area contributed by atoms with Crippen LogP contribution in [0.4, 0.5) is 0 Å². The largest absolute Gasteiger partial charge is 0.493 e. The zero-order valence-electron chi connectivity index (χ0n) is 6.86. The zero-order valence-corrected chi connectivity index (χ0v) is 6.86. The van der Waals surface area contributed by atoms with Crippen LogP contribution in [0.1, 0.15) is 6.92 Å². The summed E-state index contributed by atoms with van der Waals surface area (Å²) in [5, 5.41) is 0. The molecule has 2 rings (SSSR count). The van der Waals surface area contributed by atoms with E-state index < -0.39 is 0 Å². The van der Waals surface area contributed by atoms with E-state index in [1.807, 2.05) is 24.3 Å². The monoisotopic (exact) mass is 162 g/mol. The van der Waals surface area contributed by atoms with E-state index in [1.165, 1.54) is 0 Å². The lowest BCUT2D eigenvalue weighted by Crippen LogP contribution is -2.21. The number of ketones is 1. The highest BCUT2D eigenvalue weighted by atomic mass is 16.5. The molecule has 1 heterocycles. The normalized spacial score (nSPS) is 30.9. The topological polar surface area (TPSA) is 26.3 Å². The Bertz CT molecular complexity index is 297. The van der Waals surface area contributed by atoms with E-state index >= 15 is 0 Å². The number of carbonyl (C=O) groups excluding carboxylic acids is 1. The van der Waals surface area contributed by atoms with Gasteiger partial charge in [0.15, 0.2) is 5.78 Å². The first-order valence-electron chi connectivity index (χ1n) is 4.00. The lowest BCUT2D eigenvalue weighted by atomic mass is 9.88. The zero-order chi connectivity index (χ0) is 8.55. The molecule has 0 aromatic carbocycles. The van der Waals surface area contributed by atoms with Crippen molar-refractivity contribution in [2.75, 3.05) is 0 Å². The maximum Gasteiger partial charge on any atom is 0.156 e. The van der Waals surface area contributed by atoms with E-state index in [1.54, 1.807) is 13.2 Å². The maximum absolute atomic E-state index is 11.1. The van der Waals surface area contributed by atoms with Gasteiger partial charge in [-0.3, -0.25) is 4.79 Å². The van der Waals surface area contributed by atoms with Crippen molar-refractivity contribution in [2.45, 2.75) is 13.0 Å². The van der Waals surface area contributed by atoms with Crippen molar-refractivity contribution in [3.8, 4) is 0 Å². The van der Waals surface area contributed by atoms with Crippen molar-refractivity contribution in [3.63, 3.8) is 0 Å². The summed E-state index contributed by atoms with van der Waals surface area (Å²) in [5.74, 6) is 0.275. The van der Waals surface area contributed by atoms with Crippen molar-refractivity contribution in [1.82, 2.24) is 0 Å². The third kappa shape index (κ3) is 0.998. The molecule has 0 aromatic rings. The molecule has 0 fully saturated rings. The van der Waals surface area contributed by atoms with Crippen LogP contribution in [0.15, 0.2) is 36.1 Å². The highest BCUT2D eigenvalue weighted by Gasteiger charge is 2.29. The molecular weight excluding hydrogens is 152 g/mol. The number of Topliss-reactive ketones (excluding diaryl/α,β-unsaturated/α-hetero) is 1. The van der Waals surface area contributed by atoms with Gasteiger partial charge in [0.25, 0.3) is 0 Å². The molecule has 0 bridgehead atoms. The van der Waals surface area contributed by atoms with Crippen LogP contribution in [0.5, 0.6) is 0 Å². The van der Waals surface area contributed by atoms with Gasteiger partial charge in [-0.25, -0.2) is 0 Å². The molecule has 0 spiro atoms. The van der Waals surface area contributed by atoms with E-state index in [0.717, 1.165) is 5.57 Å². The molecule has 2 heteroatoms. The molecule has 12 heavy (non-hydrogen) atoms. The Morgan fingerprint density at radius 3 is 3.08 bits per heavy atom. The Hall–Kier alpha value is -1.31. The summed E-state index contributed by atoms with van der Waals surface area (Å²) >= 11 is 0. The number of hydrogen-bond acceptors (Lipinski definition) is 2. The molecule has 62 valence electrons. The number of ether oxygens (including phenoxy) is 1. The second-order valence-corrected chi connectivity index (χ2v) is 3.02. The van der Waals surface area contributed by atoms with Crippen LogP contribution in [-0.2, 0) is 9.53 Å². The fourth-order valence-corrected chi connectivity index (χ4v) is 1.59. The fourth-order valence-electron chi connectivity index (χ4n) is 1.59. The van der Waals surface area contributed by atoms with Gasteiger partial charge >= 0.3 is 0 Å². The average molecular weight is 162 g/mol. The van der Waals surface area contributed by atoms with Gasteiger partial charge in [0.1, 0.15) is 6.10 Å². The second-order valence-electron chi connectivity index (χ2n) is 3.02. The average Bonchev–Trinajstić information content (AvgIpc) is 2.49. The quantitative estimate of drug-likeness (QED) is 0.585. The lowest BCUT2D eigenvalue weighted by molar-refractivity contribution is -0.114. The third-order valence-corrected chi connectivity index (χ3v) is 2.22. The Morgan fingerprint density at radius 2 is 2.33 bits per heavy atom. The molecule has 0 amide bonds. The number of hydrogen-bond donors (Lipinski definition) is 0. The van der Waals surface area contributed by atoms with E-state index in [-0.39, 0.29) is 17.8 Å². The van der Waals surface area contributed by atoms with Crippen LogP contribution < -0.4 is 0 Å². The second kappa shape index (κ2) is 2.63. The lowest BCUT2D eigenvalue weighted by Gasteiger charge is -2.19. The van der Waals surface area contributed by atoms with Crippen molar-refractivity contribution in [1.29, 1.82) is 0 Å². The van der Waals surface area contributed by atoms with E-state index in [0.29, 0.717) is 0 Å². The van der Waals surface area contributed by atoms with Gasteiger partial charge in [0.05, 0.1) is 6.26 Å². The highest BCUT2D eigenvalue weighted by molar-refractivity contribution is 5.95. The molecule has 1 aliphatic carbocycles. The third-order valence-electron chi connectivity index (χ3n) is 2.22. The number of allylic oxidation sites excluding steroid dienone is 2. The predicted molar refractivity (Wildman–Crippen MR) is 45.4 cm³/mol. The molecule has 2 unspecified atom stereocenters.